The van der Waals surface area contributed by atoms with Gasteiger partial charge in [0.15, 0.2) is 11.1 Å². The number of amides is 2. The Labute approximate surface area is 363 Å². The summed E-state index contributed by atoms with van der Waals surface area (Å²) in [6.45, 7) is 13.4. The van der Waals surface area contributed by atoms with Crippen LogP contribution in [-0.2, 0) is 64.4 Å². The van der Waals surface area contributed by atoms with Crippen LogP contribution in [0.3, 0.4) is 0 Å². The second-order valence-electron chi connectivity index (χ2n) is 15.8. The van der Waals surface area contributed by atoms with E-state index in [1.54, 1.807) is 38.5 Å². The van der Waals surface area contributed by atoms with Gasteiger partial charge >= 0.3 is 11.9 Å². The molecule has 2 aliphatic heterocycles. The number of hydrogen-bond acceptors (Lipinski definition) is 11. The highest BCUT2D eigenvalue weighted by molar-refractivity contribution is 6.06. The largest absolute Gasteiger partial charge is 0.497 e. The van der Waals surface area contributed by atoms with Crippen molar-refractivity contribution >= 4 is 23.8 Å². The number of benzene rings is 4. The Morgan fingerprint density at radius 1 is 0.548 bits per heavy atom. The zero-order valence-corrected chi connectivity index (χ0v) is 36.5. The fourth-order valence-electron chi connectivity index (χ4n) is 7.88. The van der Waals surface area contributed by atoms with Crippen LogP contribution < -0.4 is 9.47 Å². The number of ether oxygens (including phenoxy) is 6. The van der Waals surface area contributed by atoms with Gasteiger partial charge in [0, 0.05) is 29.7 Å². The smallest absolute Gasteiger partial charge is 0.337 e. The van der Waals surface area contributed by atoms with Gasteiger partial charge in [0.25, 0.3) is 11.8 Å². The molecule has 2 fully saturated rings. The predicted molar refractivity (Wildman–Crippen MR) is 231 cm³/mol. The van der Waals surface area contributed by atoms with Gasteiger partial charge in [-0.15, -0.1) is 0 Å². The highest BCUT2D eigenvalue weighted by Crippen LogP contribution is 2.51. The second kappa shape index (κ2) is 19.6. The van der Waals surface area contributed by atoms with Gasteiger partial charge in [-0.3, -0.25) is 9.59 Å². The molecule has 2 aliphatic rings. The highest BCUT2D eigenvalue weighted by Gasteiger charge is 2.68. The standard InChI is InChI=1S/C25H29NO5.C24H27NO6/c1-18-22(27)26(15-19-11-13-21(29-4)14-12-19)25(23(28)30-5,24(18,2)3)17-31-16-20-9-7-6-8-10-20;1-17-21(26)25(14-18-10-12-20(29-3)13-11-18)24(22(27)30-4,23(17,2)28)16-31-15-19-8-6-5-7-9-19/h6-14H,1,15-17H2,2-5H3;5-13,28H,1,14-16H2,2-4H3/t;23-,24?/m.1/s1. The van der Waals surface area contributed by atoms with Crippen LogP contribution >= 0.6 is 0 Å². The van der Waals surface area contributed by atoms with Gasteiger partial charge in [0.1, 0.15) is 17.1 Å². The summed E-state index contributed by atoms with van der Waals surface area (Å²) in [6, 6.07) is 33.6. The van der Waals surface area contributed by atoms with Gasteiger partial charge < -0.3 is 43.3 Å². The fourth-order valence-corrected chi connectivity index (χ4v) is 7.88. The Hall–Kier alpha value is -6.28. The van der Waals surface area contributed by atoms with Crippen molar-refractivity contribution in [3.05, 3.63) is 156 Å². The summed E-state index contributed by atoms with van der Waals surface area (Å²) >= 11 is 0. The number of hydrogen-bond donors (Lipinski definition) is 1. The minimum atomic E-state index is -1.89. The number of aliphatic hydroxyl groups is 1. The third kappa shape index (κ3) is 8.87. The molecule has 2 heterocycles. The van der Waals surface area contributed by atoms with E-state index in [0.29, 0.717) is 23.7 Å². The summed E-state index contributed by atoms with van der Waals surface area (Å²) in [7, 11) is 5.70. The molecule has 4 aromatic rings. The maximum atomic E-state index is 13.3. The molecule has 13 nitrogen and oxygen atoms in total. The van der Waals surface area contributed by atoms with Crippen molar-refractivity contribution in [2.24, 2.45) is 5.41 Å². The maximum Gasteiger partial charge on any atom is 0.337 e. The van der Waals surface area contributed by atoms with E-state index < -0.39 is 39.9 Å². The first kappa shape index (κ1) is 46.8. The first-order valence-electron chi connectivity index (χ1n) is 20.0. The van der Waals surface area contributed by atoms with E-state index >= 15 is 0 Å². The van der Waals surface area contributed by atoms with Crippen molar-refractivity contribution < 1.29 is 52.7 Å². The molecule has 13 heteroatoms. The molecule has 0 aromatic heterocycles. The van der Waals surface area contributed by atoms with Crippen LogP contribution in [0.1, 0.15) is 43.0 Å². The highest BCUT2D eigenvalue weighted by atomic mass is 16.5. The summed E-state index contributed by atoms with van der Waals surface area (Å²) < 4.78 is 32.5. The summed E-state index contributed by atoms with van der Waals surface area (Å²) in [5, 5.41) is 11.3. The summed E-state index contributed by atoms with van der Waals surface area (Å²) in [5.41, 5.74) is -2.16. The van der Waals surface area contributed by atoms with Gasteiger partial charge in [-0.05, 0) is 53.4 Å². The lowest BCUT2D eigenvalue weighted by Gasteiger charge is -2.43. The molecule has 0 radical (unpaired) electrons. The van der Waals surface area contributed by atoms with Crippen LogP contribution in [0.5, 0.6) is 11.5 Å². The van der Waals surface area contributed by atoms with Gasteiger partial charge in [-0.2, -0.15) is 0 Å². The SMILES string of the molecule is C=C1C(=O)N(Cc2ccc(OC)cc2)C(COCc2ccccc2)(C(=O)OC)C1(C)C.C=C1C(=O)N(Cc2ccc(OC)cc2)C(COCc2ccccc2)(C(=O)OC)[C@]1(C)O. The Morgan fingerprint density at radius 2 is 0.919 bits per heavy atom. The van der Waals surface area contributed by atoms with E-state index in [0.717, 1.165) is 22.3 Å². The molecule has 0 aliphatic carbocycles. The van der Waals surface area contributed by atoms with Crippen LogP contribution in [0.4, 0.5) is 0 Å². The summed E-state index contributed by atoms with van der Waals surface area (Å²) in [5.74, 6) is -0.730. The number of likely N-dealkylation sites (tertiary alicyclic amines) is 2. The third-order valence-electron chi connectivity index (χ3n) is 12.0. The van der Waals surface area contributed by atoms with Gasteiger partial charge in [-0.1, -0.05) is 112 Å². The molecule has 3 atom stereocenters. The fraction of sp³-hybridized carbons (Fsp3) is 0.347. The Kier molecular flexibility index (Phi) is 14.8. The first-order chi connectivity index (χ1) is 29.5. The van der Waals surface area contributed by atoms with Crippen molar-refractivity contribution in [2.75, 3.05) is 41.7 Å². The van der Waals surface area contributed by atoms with Crippen LogP contribution in [0.15, 0.2) is 133 Å². The molecule has 6 rings (SSSR count). The lowest BCUT2D eigenvalue weighted by Crippen LogP contribution is -2.65. The third-order valence-corrected chi connectivity index (χ3v) is 12.0. The molecule has 0 saturated carbocycles. The summed E-state index contributed by atoms with van der Waals surface area (Å²) in [4.78, 5) is 55.5. The Balaban J connectivity index is 0.000000234. The van der Waals surface area contributed by atoms with Crippen molar-refractivity contribution in [3.8, 4) is 11.5 Å². The normalized spacial score (nSPS) is 21.6. The van der Waals surface area contributed by atoms with Crippen LogP contribution in [-0.4, -0.2) is 97.0 Å². The van der Waals surface area contributed by atoms with E-state index in [4.69, 9.17) is 28.4 Å². The lowest BCUT2D eigenvalue weighted by atomic mass is 9.71. The molecule has 1 N–H and O–H groups in total. The summed E-state index contributed by atoms with van der Waals surface area (Å²) in [6.07, 6.45) is 0. The molecular weight excluding hydrogens is 793 g/mol. The van der Waals surface area contributed by atoms with E-state index in [9.17, 15) is 24.3 Å². The molecule has 328 valence electrons. The van der Waals surface area contributed by atoms with Crippen molar-refractivity contribution in [3.63, 3.8) is 0 Å². The molecule has 0 bridgehead atoms. The van der Waals surface area contributed by atoms with Crippen molar-refractivity contribution in [2.45, 2.75) is 63.8 Å². The predicted octanol–water partition coefficient (Wildman–Crippen LogP) is 6.22. The van der Waals surface area contributed by atoms with E-state index in [1.807, 2.05) is 98.8 Å². The van der Waals surface area contributed by atoms with Crippen molar-refractivity contribution in [1.82, 2.24) is 9.80 Å². The quantitative estimate of drug-likeness (QED) is 0.101. The first-order valence-corrected chi connectivity index (χ1v) is 20.0. The van der Waals surface area contributed by atoms with E-state index in [1.165, 1.54) is 30.9 Å². The topological polar surface area (TPSA) is 150 Å². The van der Waals surface area contributed by atoms with E-state index in [-0.39, 0.29) is 44.4 Å². The second-order valence-corrected chi connectivity index (χ2v) is 15.8. The number of esters is 2. The zero-order chi connectivity index (χ0) is 45.3. The Morgan fingerprint density at radius 3 is 1.32 bits per heavy atom. The van der Waals surface area contributed by atoms with Gasteiger partial charge in [0.2, 0.25) is 0 Å². The number of carbonyl (C=O) groups excluding carboxylic acids is 4. The average molecular weight is 849 g/mol. The molecule has 0 spiro atoms. The van der Waals surface area contributed by atoms with Crippen molar-refractivity contribution in [1.29, 1.82) is 0 Å². The minimum Gasteiger partial charge on any atom is -0.497 e. The average Bonchev–Trinajstić information content (AvgIpc) is 3.52. The number of methoxy groups -OCH3 is 4. The van der Waals surface area contributed by atoms with Crippen LogP contribution in [0.25, 0.3) is 0 Å². The van der Waals surface area contributed by atoms with Gasteiger partial charge in [0.05, 0.1) is 54.9 Å². The zero-order valence-electron chi connectivity index (χ0n) is 36.5. The van der Waals surface area contributed by atoms with Gasteiger partial charge in [-0.25, -0.2) is 9.59 Å². The number of nitrogens with zero attached hydrogens (tertiary/aromatic N) is 2. The molecule has 62 heavy (non-hydrogen) atoms. The molecule has 2 saturated heterocycles. The molecule has 2 unspecified atom stereocenters. The Bertz CT molecular complexity index is 2060. The monoisotopic (exact) mass is 848 g/mol. The van der Waals surface area contributed by atoms with Crippen LogP contribution in [0.2, 0.25) is 0 Å². The molecular formula is C49H56N2O11. The number of carbonyl (C=O) groups is 4. The lowest BCUT2D eigenvalue weighted by molar-refractivity contribution is -0.176. The number of rotatable bonds is 16. The van der Waals surface area contributed by atoms with E-state index in [2.05, 4.69) is 13.2 Å². The maximum absolute atomic E-state index is 13.3. The van der Waals surface area contributed by atoms with Crippen LogP contribution in [0, 0.1) is 5.41 Å². The minimum absolute atomic E-state index is 0.0114. The molecule has 4 aromatic carbocycles. The molecule has 2 amide bonds.